The third-order valence-corrected chi connectivity index (χ3v) is 10.1. The Hall–Kier alpha value is 0.189. The first-order valence-electron chi connectivity index (χ1n) is 5.85. The van der Waals surface area contributed by atoms with Crippen molar-refractivity contribution in [2.45, 2.75) is 39.9 Å². The molecule has 20 heavy (non-hydrogen) atoms. The van der Waals surface area contributed by atoms with Gasteiger partial charge in [-0.3, -0.25) is 0 Å². The Kier molecular flexibility index (Phi) is 6.80. The van der Waals surface area contributed by atoms with E-state index < -0.39 is 60.1 Å². The SMILES string of the molecule is O=S(=O)(O)O[C@@H](CO)[C@H](O)C[SeH]1C[C@@H](O)[C@H](O)[C@H]1CO. The Morgan fingerprint density at radius 1 is 1.30 bits per heavy atom. The van der Waals surface area contributed by atoms with Crippen molar-refractivity contribution in [2.24, 2.45) is 0 Å². The zero-order valence-electron chi connectivity index (χ0n) is 10.5. The molecule has 9 nitrogen and oxygen atoms in total. The predicted molar refractivity (Wildman–Crippen MR) is 69.1 cm³/mol. The molecule has 1 fully saturated rings. The van der Waals surface area contributed by atoms with Crippen molar-refractivity contribution in [1.82, 2.24) is 0 Å². The van der Waals surface area contributed by atoms with Crippen molar-refractivity contribution < 1.29 is 42.7 Å². The first-order valence-corrected chi connectivity index (χ1v) is 11.0. The van der Waals surface area contributed by atoms with Gasteiger partial charge in [-0.1, -0.05) is 0 Å². The normalized spacial score (nSPS) is 35.9. The van der Waals surface area contributed by atoms with Gasteiger partial charge in [0.1, 0.15) is 0 Å². The fraction of sp³-hybridized carbons (Fsp3) is 1.00. The van der Waals surface area contributed by atoms with Crippen LogP contribution in [-0.2, 0) is 14.6 Å². The van der Waals surface area contributed by atoms with Crippen molar-refractivity contribution in [3.05, 3.63) is 0 Å². The molecule has 0 amide bonds. The second-order valence-corrected chi connectivity index (χ2v) is 11.0. The van der Waals surface area contributed by atoms with Crippen LogP contribution in [0.25, 0.3) is 0 Å². The Labute approximate surface area is 120 Å². The van der Waals surface area contributed by atoms with Crippen LogP contribution in [0.15, 0.2) is 0 Å². The molecule has 0 aromatic heterocycles. The minimum atomic E-state index is -4.81. The van der Waals surface area contributed by atoms with Crippen molar-refractivity contribution in [2.75, 3.05) is 13.2 Å². The van der Waals surface area contributed by atoms with Gasteiger partial charge in [0.15, 0.2) is 0 Å². The van der Waals surface area contributed by atoms with Crippen LogP contribution < -0.4 is 0 Å². The molecule has 0 radical (unpaired) electrons. The van der Waals surface area contributed by atoms with Crippen LogP contribution in [-0.4, -0.2) is 90.0 Å². The van der Waals surface area contributed by atoms with Gasteiger partial charge in [-0.2, -0.15) is 0 Å². The molecular formula is C9H20O9SSe. The zero-order chi connectivity index (χ0) is 15.5. The van der Waals surface area contributed by atoms with E-state index in [0.717, 1.165) is 0 Å². The number of rotatable bonds is 7. The van der Waals surface area contributed by atoms with Crippen LogP contribution in [0.2, 0.25) is 15.5 Å². The predicted octanol–water partition coefficient (Wildman–Crippen LogP) is -3.15. The molecule has 0 spiro atoms. The Morgan fingerprint density at radius 2 is 1.90 bits per heavy atom. The molecule has 122 valence electrons. The molecule has 0 aromatic rings. The molecule has 1 unspecified atom stereocenters. The average molecular weight is 383 g/mol. The molecule has 0 saturated carbocycles. The van der Waals surface area contributed by atoms with E-state index in [4.69, 9.17) is 9.66 Å². The van der Waals surface area contributed by atoms with Crippen LogP contribution in [0.3, 0.4) is 0 Å². The Morgan fingerprint density at radius 3 is 2.35 bits per heavy atom. The van der Waals surface area contributed by atoms with Crippen molar-refractivity contribution in [3.63, 3.8) is 0 Å². The van der Waals surface area contributed by atoms with E-state index in [2.05, 4.69) is 4.18 Å². The summed E-state index contributed by atoms with van der Waals surface area (Å²) in [6.45, 7) is -1.16. The van der Waals surface area contributed by atoms with Gasteiger partial charge in [0.05, 0.1) is 0 Å². The molecule has 11 heteroatoms. The summed E-state index contributed by atoms with van der Waals surface area (Å²) in [5.41, 5.74) is 0. The van der Waals surface area contributed by atoms with E-state index in [1.165, 1.54) is 0 Å². The van der Waals surface area contributed by atoms with Gasteiger partial charge in [-0.15, -0.1) is 0 Å². The summed E-state index contributed by atoms with van der Waals surface area (Å²) in [7, 11) is -4.81. The molecule has 1 aliphatic rings. The molecule has 0 bridgehead atoms. The first-order chi connectivity index (χ1) is 9.19. The molecule has 1 heterocycles. The molecular weight excluding hydrogens is 363 g/mol. The molecule has 1 aliphatic heterocycles. The van der Waals surface area contributed by atoms with Crippen LogP contribution in [0.5, 0.6) is 0 Å². The summed E-state index contributed by atoms with van der Waals surface area (Å²) in [6.07, 6.45) is -4.95. The molecule has 1 saturated heterocycles. The molecule has 0 aromatic carbocycles. The summed E-state index contributed by atoms with van der Waals surface area (Å²) in [4.78, 5) is -0.516. The molecule has 6 N–H and O–H groups in total. The quantitative estimate of drug-likeness (QED) is 0.197. The zero-order valence-corrected chi connectivity index (χ0v) is 13.2. The van der Waals surface area contributed by atoms with Gasteiger partial charge in [-0.05, 0) is 0 Å². The van der Waals surface area contributed by atoms with E-state index in [-0.39, 0.29) is 17.2 Å². The fourth-order valence-corrected chi connectivity index (χ4v) is 8.84. The van der Waals surface area contributed by atoms with Gasteiger partial charge in [0, 0.05) is 0 Å². The van der Waals surface area contributed by atoms with E-state index in [9.17, 15) is 28.8 Å². The van der Waals surface area contributed by atoms with Gasteiger partial charge >= 0.3 is 120 Å². The van der Waals surface area contributed by atoms with E-state index >= 15 is 0 Å². The Balaban J connectivity index is 2.66. The molecule has 0 aliphatic carbocycles. The summed E-state index contributed by atoms with van der Waals surface area (Å²) in [5, 5.41) is 47.5. The third-order valence-electron chi connectivity index (χ3n) is 3.14. The summed E-state index contributed by atoms with van der Waals surface area (Å²) < 4.78 is 33.8. The summed E-state index contributed by atoms with van der Waals surface area (Å²) >= 11 is -2.05. The van der Waals surface area contributed by atoms with Crippen molar-refractivity contribution >= 4 is 24.3 Å². The van der Waals surface area contributed by atoms with Gasteiger partial charge < -0.3 is 0 Å². The van der Waals surface area contributed by atoms with Crippen LogP contribution in [0.1, 0.15) is 0 Å². The second-order valence-electron chi connectivity index (χ2n) is 4.57. The van der Waals surface area contributed by atoms with E-state index in [0.29, 0.717) is 0 Å². The van der Waals surface area contributed by atoms with Crippen molar-refractivity contribution in [1.29, 1.82) is 0 Å². The van der Waals surface area contributed by atoms with Crippen molar-refractivity contribution in [3.8, 4) is 0 Å². The standard InChI is InChI=1S/C9H20O9SSe/c10-1-7(18-19(15,16)17)5(12)3-20-4-6(13)9(14)8(20)2-11/h5-14,20H,1-4H2,(H,15,16,17)/t5-,6-,7+,8-,9+/m1/s1. The summed E-state index contributed by atoms with van der Waals surface area (Å²) in [6, 6.07) is 0. The van der Waals surface area contributed by atoms with Crippen LogP contribution in [0.4, 0.5) is 0 Å². The molecule has 1 rings (SSSR count). The number of hydrogen-bond acceptors (Lipinski definition) is 8. The second kappa shape index (κ2) is 7.45. The first kappa shape index (κ1) is 18.2. The van der Waals surface area contributed by atoms with E-state index in [1.807, 2.05) is 0 Å². The number of aliphatic hydroxyl groups is 5. The van der Waals surface area contributed by atoms with E-state index in [1.54, 1.807) is 0 Å². The van der Waals surface area contributed by atoms with Gasteiger partial charge in [0.25, 0.3) is 0 Å². The maximum absolute atomic E-state index is 10.6. The fourth-order valence-electron chi connectivity index (χ4n) is 2.12. The average Bonchev–Trinajstić information content (AvgIpc) is 2.60. The Bertz CT molecular complexity index is 402. The van der Waals surface area contributed by atoms with Gasteiger partial charge in [-0.25, -0.2) is 0 Å². The van der Waals surface area contributed by atoms with Crippen LogP contribution >= 0.6 is 0 Å². The number of hydrogen-bond donors (Lipinski definition) is 6. The topological polar surface area (TPSA) is 165 Å². The third kappa shape index (κ3) is 4.88. The maximum atomic E-state index is 10.6. The summed E-state index contributed by atoms with van der Waals surface area (Å²) in [5.74, 6) is 0. The monoisotopic (exact) mass is 384 g/mol. The van der Waals surface area contributed by atoms with Gasteiger partial charge in [0.2, 0.25) is 0 Å². The minimum absolute atomic E-state index is 0.0348. The van der Waals surface area contributed by atoms with Crippen LogP contribution in [0, 0.1) is 0 Å². The molecule has 6 atom stereocenters. The number of aliphatic hydroxyl groups excluding tert-OH is 5.